The van der Waals surface area contributed by atoms with Gasteiger partial charge in [-0.2, -0.15) is 0 Å². The Hall–Kier alpha value is -0.910. The molecule has 1 aromatic carbocycles. The van der Waals surface area contributed by atoms with Crippen LogP contribution in [-0.4, -0.2) is 44.8 Å². The molecule has 1 fully saturated rings. The summed E-state index contributed by atoms with van der Waals surface area (Å²) < 4.78 is 17.9. The van der Waals surface area contributed by atoms with Crippen molar-refractivity contribution in [1.29, 1.82) is 0 Å². The molecule has 120 valence electrons. The van der Waals surface area contributed by atoms with Crippen LogP contribution in [0.1, 0.15) is 37.3 Å². The number of methoxy groups -OCH3 is 1. The summed E-state index contributed by atoms with van der Waals surface area (Å²) in [6.45, 7) is 6.30. The number of benzene rings is 1. The first kappa shape index (κ1) is 16.0. The van der Waals surface area contributed by atoms with E-state index in [2.05, 4.69) is 41.9 Å². The van der Waals surface area contributed by atoms with E-state index in [1.807, 2.05) is 6.21 Å². The van der Waals surface area contributed by atoms with E-state index in [0.717, 1.165) is 22.2 Å². The first-order chi connectivity index (χ1) is 10.5. The third-order valence-corrected chi connectivity index (χ3v) is 5.01. The predicted molar refractivity (Wildman–Crippen MR) is 90.3 cm³/mol. The molecule has 3 rings (SSSR count). The van der Waals surface area contributed by atoms with Gasteiger partial charge in [0, 0.05) is 32.3 Å². The van der Waals surface area contributed by atoms with Crippen LogP contribution in [0.15, 0.2) is 21.6 Å². The van der Waals surface area contributed by atoms with Crippen molar-refractivity contribution in [2.45, 2.75) is 37.8 Å². The number of halogens is 1. The molecule has 2 atom stereocenters. The van der Waals surface area contributed by atoms with E-state index >= 15 is 0 Å². The van der Waals surface area contributed by atoms with Crippen LogP contribution in [0.2, 0.25) is 0 Å². The first-order valence-electron chi connectivity index (χ1n) is 7.65. The predicted octanol–water partition coefficient (Wildman–Crippen LogP) is 3.56. The second kappa shape index (κ2) is 6.30. The van der Waals surface area contributed by atoms with E-state index in [1.165, 1.54) is 5.56 Å². The maximum atomic E-state index is 5.94. The van der Waals surface area contributed by atoms with Gasteiger partial charge < -0.3 is 14.2 Å². The van der Waals surface area contributed by atoms with Crippen molar-refractivity contribution in [2.24, 2.45) is 4.99 Å². The van der Waals surface area contributed by atoms with E-state index in [9.17, 15) is 0 Å². The maximum absolute atomic E-state index is 5.94. The lowest BCUT2D eigenvalue weighted by molar-refractivity contribution is 0.0286. The second-order valence-corrected chi connectivity index (χ2v) is 7.20. The topological polar surface area (TPSA) is 40.0 Å². The van der Waals surface area contributed by atoms with Crippen molar-refractivity contribution in [3.8, 4) is 5.75 Å². The molecule has 0 aromatic heterocycles. The zero-order valence-corrected chi connectivity index (χ0v) is 14.9. The van der Waals surface area contributed by atoms with Gasteiger partial charge in [0.25, 0.3) is 0 Å². The Morgan fingerprint density at radius 3 is 2.95 bits per heavy atom. The fourth-order valence-electron chi connectivity index (χ4n) is 3.18. The molecule has 2 heterocycles. The van der Waals surface area contributed by atoms with Crippen LogP contribution in [0.4, 0.5) is 0 Å². The molecule has 0 spiro atoms. The van der Waals surface area contributed by atoms with Gasteiger partial charge in [-0.15, -0.1) is 0 Å². The van der Waals surface area contributed by atoms with Crippen LogP contribution in [0.5, 0.6) is 5.75 Å². The highest BCUT2D eigenvalue weighted by Crippen LogP contribution is 2.44. The Balaban J connectivity index is 1.83. The number of hydrogen-bond acceptors (Lipinski definition) is 4. The molecule has 0 aliphatic carbocycles. The van der Waals surface area contributed by atoms with Gasteiger partial charge in [0.1, 0.15) is 5.75 Å². The molecule has 0 saturated carbocycles. The lowest BCUT2D eigenvalue weighted by atomic mass is 9.82. The standard InChI is InChI=1S/C17H22BrNO3/c1-17(2)16-13(10-22-17)12-8-15(21-6-4-5-20-3)14(18)7-11(12)9-19-16/h7-9,13,16H,4-6,10H2,1-3H3. The highest BCUT2D eigenvalue weighted by molar-refractivity contribution is 9.10. The van der Waals surface area contributed by atoms with E-state index in [0.29, 0.717) is 25.7 Å². The Morgan fingerprint density at radius 1 is 1.36 bits per heavy atom. The zero-order chi connectivity index (χ0) is 15.7. The molecule has 4 nitrogen and oxygen atoms in total. The average molecular weight is 368 g/mol. The molecule has 0 N–H and O–H groups in total. The average Bonchev–Trinajstić information content (AvgIpc) is 2.79. The lowest BCUT2D eigenvalue weighted by Crippen LogP contribution is -2.35. The normalized spacial score (nSPS) is 24.9. The van der Waals surface area contributed by atoms with E-state index < -0.39 is 0 Å². The molecular formula is C17H22BrNO3. The van der Waals surface area contributed by atoms with E-state index in [4.69, 9.17) is 19.2 Å². The highest BCUT2D eigenvalue weighted by Gasteiger charge is 2.45. The monoisotopic (exact) mass is 367 g/mol. The van der Waals surface area contributed by atoms with Crippen molar-refractivity contribution in [2.75, 3.05) is 26.9 Å². The van der Waals surface area contributed by atoms with Crippen LogP contribution in [0.25, 0.3) is 0 Å². The Kier molecular flexibility index (Phi) is 4.57. The largest absolute Gasteiger partial charge is 0.492 e. The van der Waals surface area contributed by atoms with Crippen molar-refractivity contribution in [3.05, 3.63) is 27.7 Å². The summed E-state index contributed by atoms with van der Waals surface area (Å²) >= 11 is 3.59. The summed E-state index contributed by atoms with van der Waals surface area (Å²) in [7, 11) is 1.70. The molecule has 0 amide bonds. The number of nitrogens with zero attached hydrogens (tertiary/aromatic N) is 1. The van der Waals surface area contributed by atoms with Gasteiger partial charge in [0.15, 0.2) is 0 Å². The summed E-state index contributed by atoms with van der Waals surface area (Å²) in [5.41, 5.74) is 2.22. The summed E-state index contributed by atoms with van der Waals surface area (Å²) in [4.78, 5) is 4.71. The fraction of sp³-hybridized carbons (Fsp3) is 0.588. The fourth-order valence-corrected chi connectivity index (χ4v) is 3.66. The Labute approximate surface area is 140 Å². The van der Waals surface area contributed by atoms with Gasteiger partial charge in [0.2, 0.25) is 0 Å². The van der Waals surface area contributed by atoms with Crippen molar-refractivity contribution in [3.63, 3.8) is 0 Å². The maximum Gasteiger partial charge on any atom is 0.133 e. The summed E-state index contributed by atoms with van der Waals surface area (Å²) in [6.07, 6.45) is 2.84. The van der Waals surface area contributed by atoms with Crippen molar-refractivity contribution in [1.82, 2.24) is 0 Å². The molecule has 1 aromatic rings. The number of fused-ring (bicyclic) bond motifs is 3. The molecule has 5 heteroatoms. The van der Waals surface area contributed by atoms with E-state index in [-0.39, 0.29) is 11.6 Å². The quantitative estimate of drug-likeness (QED) is 0.747. The van der Waals surface area contributed by atoms with Gasteiger partial charge in [-0.25, -0.2) is 0 Å². The molecule has 1 saturated heterocycles. The Morgan fingerprint density at radius 2 is 2.18 bits per heavy atom. The third-order valence-electron chi connectivity index (χ3n) is 4.39. The molecule has 0 bridgehead atoms. The van der Waals surface area contributed by atoms with Gasteiger partial charge in [-0.1, -0.05) is 0 Å². The molecule has 2 unspecified atom stereocenters. The number of hydrogen-bond donors (Lipinski definition) is 0. The zero-order valence-electron chi connectivity index (χ0n) is 13.3. The number of rotatable bonds is 5. The Bertz CT molecular complexity index is 586. The van der Waals surface area contributed by atoms with Crippen LogP contribution >= 0.6 is 15.9 Å². The minimum atomic E-state index is -0.203. The van der Waals surface area contributed by atoms with Gasteiger partial charge in [-0.3, -0.25) is 4.99 Å². The lowest BCUT2D eigenvalue weighted by Gasteiger charge is -2.29. The smallest absolute Gasteiger partial charge is 0.133 e. The second-order valence-electron chi connectivity index (χ2n) is 6.35. The van der Waals surface area contributed by atoms with Crippen LogP contribution < -0.4 is 4.74 Å². The summed E-state index contributed by atoms with van der Waals surface area (Å²) in [5.74, 6) is 1.19. The number of ether oxygens (including phenoxy) is 3. The number of aliphatic imine (C=N–C) groups is 1. The third kappa shape index (κ3) is 2.94. The van der Waals surface area contributed by atoms with Gasteiger partial charge in [0.05, 0.1) is 29.3 Å². The van der Waals surface area contributed by atoms with Crippen LogP contribution in [0, 0.1) is 0 Å². The van der Waals surface area contributed by atoms with Crippen LogP contribution in [0.3, 0.4) is 0 Å². The SMILES string of the molecule is COCCCOc1cc2c(cc1Br)C=NC1C2COC1(C)C. The summed E-state index contributed by atoms with van der Waals surface area (Å²) in [6, 6.07) is 4.41. The molecule has 22 heavy (non-hydrogen) atoms. The van der Waals surface area contributed by atoms with E-state index in [1.54, 1.807) is 7.11 Å². The summed E-state index contributed by atoms with van der Waals surface area (Å²) in [5, 5.41) is 0. The molecule has 2 aliphatic heterocycles. The molecule has 2 aliphatic rings. The van der Waals surface area contributed by atoms with Crippen molar-refractivity contribution < 1.29 is 14.2 Å². The van der Waals surface area contributed by atoms with Gasteiger partial charge >= 0.3 is 0 Å². The van der Waals surface area contributed by atoms with Crippen LogP contribution in [-0.2, 0) is 9.47 Å². The minimum absolute atomic E-state index is 0.183. The molecular weight excluding hydrogens is 346 g/mol. The van der Waals surface area contributed by atoms with Gasteiger partial charge in [-0.05, 0) is 53.0 Å². The van der Waals surface area contributed by atoms with Crippen molar-refractivity contribution >= 4 is 22.1 Å². The molecule has 0 radical (unpaired) electrons. The minimum Gasteiger partial charge on any atom is -0.492 e. The first-order valence-corrected chi connectivity index (χ1v) is 8.44. The highest BCUT2D eigenvalue weighted by atomic mass is 79.9.